The van der Waals surface area contributed by atoms with Crippen LogP contribution in [0.2, 0.25) is 0 Å². The van der Waals surface area contributed by atoms with Gasteiger partial charge in [0.05, 0.1) is 20.3 Å². The van der Waals surface area contributed by atoms with Crippen LogP contribution in [0.3, 0.4) is 0 Å². The Kier molecular flexibility index (Phi) is 5.64. The molecule has 1 unspecified atom stereocenters. The average molecular weight is 281 g/mol. The van der Waals surface area contributed by atoms with Gasteiger partial charge in [-0.25, -0.2) is 0 Å². The quantitative estimate of drug-likeness (QED) is 0.311. The number of nitrogens with zero attached hydrogens (tertiary/aromatic N) is 1. The van der Waals surface area contributed by atoms with Crippen LogP contribution in [0.5, 0.6) is 11.5 Å². The number of oxime groups is 1. The lowest BCUT2D eigenvalue weighted by Gasteiger charge is -2.18. The topological polar surface area (TPSA) is 106 Å². The minimum atomic E-state index is -0.567. The first-order valence-corrected chi connectivity index (χ1v) is 6.08. The molecule has 20 heavy (non-hydrogen) atoms. The summed E-state index contributed by atoms with van der Waals surface area (Å²) in [5.74, 6) is 0.292. The lowest BCUT2D eigenvalue weighted by atomic mass is 10.1. The Morgan fingerprint density at radius 3 is 2.35 bits per heavy atom. The third-order valence-corrected chi connectivity index (χ3v) is 2.84. The predicted molar refractivity (Wildman–Crippen MR) is 74.5 cm³/mol. The van der Waals surface area contributed by atoms with E-state index in [0.717, 1.165) is 0 Å². The average Bonchev–Trinajstić information content (AvgIpc) is 2.50. The van der Waals surface area contributed by atoms with Crippen molar-refractivity contribution in [3.05, 3.63) is 23.8 Å². The second-order valence-electron chi connectivity index (χ2n) is 4.00. The maximum absolute atomic E-state index is 12.3. The molecule has 0 saturated heterocycles. The number of hydrogen-bond acceptors (Lipinski definition) is 5. The van der Waals surface area contributed by atoms with Crippen molar-refractivity contribution in [3.63, 3.8) is 0 Å². The number of methoxy groups -OCH3 is 2. The number of amidine groups is 1. The van der Waals surface area contributed by atoms with Gasteiger partial charge in [0.2, 0.25) is 0 Å². The number of carbonyl (C=O) groups is 1. The van der Waals surface area contributed by atoms with Crippen LogP contribution in [0, 0.1) is 0 Å². The molecule has 0 heterocycles. The Morgan fingerprint density at radius 1 is 1.40 bits per heavy atom. The highest BCUT2D eigenvalue weighted by molar-refractivity contribution is 6.02. The first-order valence-electron chi connectivity index (χ1n) is 6.08. The zero-order valence-corrected chi connectivity index (χ0v) is 11.7. The molecule has 1 atom stereocenters. The fraction of sp³-hybridized carbons (Fsp3) is 0.385. The summed E-state index contributed by atoms with van der Waals surface area (Å²) in [4.78, 5) is 12.3. The van der Waals surface area contributed by atoms with Crippen molar-refractivity contribution >= 4 is 11.7 Å². The number of nitrogens with one attached hydrogen (secondary N) is 1. The lowest BCUT2D eigenvalue weighted by Crippen LogP contribution is -2.44. The van der Waals surface area contributed by atoms with Gasteiger partial charge in [0.1, 0.15) is 17.1 Å². The van der Waals surface area contributed by atoms with E-state index >= 15 is 0 Å². The van der Waals surface area contributed by atoms with Crippen LogP contribution in [0.25, 0.3) is 0 Å². The summed E-state index contributed by atoms with van der Waals surface area (Å²) in [5.41, 5.74) is 5.78. The molecule has 110 valence electrons. The molecular formula is C13H19N3O4. The van der Waals surface area contributed by atoms with Crippen LogP contribution in [0.1, 0.15) is 23.7 Å². The zero-order chi connectivity index (χ0) is 15.1. The lowest BCUT2D eigenvalue weighted by molar-refractivity contribution is 0.0939. The molecule has 0 aliphatic heterocycles. The Morgan fingerprint density at radius 2 is 1.95 bits per heavy atom. The summed E-state index contributed by atoms with van der Waals surface area (Å²) in [6, 6.07) is 4.46. The number of carbonyl (C=O) groups excluding carboxylic acids is 1. The van der Waals surface area contributed by atoms with Gasteiger partial charge in [-0.1, -0.05) is 18.1 Å². The molecule has 0 fully saturated rings. The fourth-order valence-electron chi connectivity index (χ4n) is 1.76. The van der Waals surface area contributed by atoms with Gasteiger partial charge in [-0.3, -0.25) is 4.79 Å². The highest BCUT2D eigenvalue weighted by Gasteiger charge is 2.22. The van der Waals surface area contributed by atoms with Gasteiger partial charge in [-0.15, -0.1) is 0 Å². The molecule has 1 aromatic rings. The van der Waals surface area contributed by atoms with E-state index in [-0.39, 0.29) is 11.4 Å². The Bertz CT molecular complexity index is 480. The number of rotatable bonds is 6. The fourth-order valence-corrected chi connectivity index (χ4v) is 1.76. The van der Waals surface area contributed by atoms with Crippen LogP contribution in [-0.4, -0.2) is 37.2 Å². The Balaban J connectivity index is 3.08. The first-order chi connectivity index (χ1) is 9.58. The number of amides is 1. The maximum Gasteiger partial charge on any atom is 0.259 e. The number of hydrogen-bond donors (Lipinski definition) is 3. The van der Waals surface area contributed by atoms with Crippen molar-refractivity contribution < 1.29 is 19.5 Å². The van der Waals surface area contributed by atoms with Crippen LogP contribution in [-0.2, 0) is 0 Å². The molecule has 7 heteroatoms. The van der Waals surface area contributed by atoms with E-state index in [2.05, 4.69) is 10.5 Å². The smallest absolute Gasteiger partial charge is 0.259 e. The molecular weight excluding hydrogens is 262 g/mol. The monoisotopic (exact) mass is 281 g/mol. The van der Waals surface area contributed by atoms with Crippen molar-refractivity contribution in [1.29, 1.82) is 0 Å². The van der Waals surface area contributed by atoms with Crippen LogP contribution in [0.4, 0.5) is 0 Å². The van der Waals surface area contributed by atoms with Gasteiger partial charge in [0.15, 0.2) is 5.84 Å². The summed E-state index contributed by atoms with van der Waals surface area (Å²) in [6.07, 6.45) is 0.485. The van der Waals surface area contributed by atoms with E-state index in [1.54, 1.807) is 18.2 Å². The summed E-state index contributed by atoms with van der Waals surface area (Å²) in [5, 5.41) is 14.3. The van der Waals surface area contributed by atoms with Crippen molar-refractivity contribution in [2.24, 2.45) is 10.9 Å². The molecule has 0 bridgehead atoms. The number of nitrogens with two attached hydrogens (primary N) is 1. The molecule has 0 spiro atoms. The van der Waals surface area contributed by atoms with E-state index in [9.17, 15) is 4.79 Å². The highest BCUT2D eigenvalue weighted by atomic mass is 16.5. The van der Waals surface area contributed by atoms with Gasteiger partial charge in [-0.05, 0) is 18.6 Å². The number of benzene rings is 1. The third-order valence-electron chi connectivity index (χ3n) is 2.84. The normalized spacial score (nSPS) is 12.7. The molecule has 0 aliphatic rings. The molecule has 0 radical (unpaired) electrons. The molecule has 1 aromatic carbocycles. The third kappa shape index (κ3) is 3.31. The van der Waals surface area contributed by atoms with E-state index in [1.807, 2.05) is 6.92 Å². The Labute approximate surface area is 117 Å². The summed E-state index contributed by atoms with van der Waals surface area (Å²) < 4.78 is 10.3. The minimum Gasteiger partial charge on any atom is -0.496 e. The molecule has 1 amide bonds. The molecule has 1 rings (SSSR count). The second kappa shape index (κ2) is 7.22. The van der Waals surface area contributed by atoms with Crippen LogP contribution >= 0.6 is 0 Å². The van der Waals surface area contributed by atoms with Gasteiger partial charge < -0.3 is 25.7 Å². The molecule has 0 aromatic heterocycles. The van der Waals surface area contributed by atoms with Crippen LogP contribution < -0.4 is 20.5 Å². The van der Waals surface area contributed by atoms with Crippen molar-refractivity contribution in [1.82, 2.24) is 5.32 Å². The molecule has 0 aliphatic carbocycles. The van der Waals surface area contributed by atoms with Gasteiger partial charge in [0.25, 0.3) is 5.91 Å². The van der Waals surface area contributed by atoms with E-state index in [4.69, 9.17) is 20.4 Å². The largest absolute Gasteiger partial charge is 0.496 e. The van der Waals surface area contributed by atoms with Gasteiger partial charge in [0, 0.05) is 0 Å². The summed E-state index contributed by atoms with van der Waals surface area (Å²) >= 11 is 0. The molecule has 0 saturated carbocycles. The van der Waals surface area contributed by atoms with E-state index < -0.39 is 11.9 Å². The first kappa shape index (κ1) is 15.6. The van der Waals surface area contributed by atoms with Gasteiger partial charge >= 0.3 is 0 Å². The van der Waals surface area contributed by atoms with Gasteiger partial charge in [-0.2, -0.15) is 0 Å². The highest BCUT2D eigenvalue weighted by Crippen LogP contribution is 2.28. The van der Waals surface area contributed by atoms with Crippen molar-refractivity contribution in [2.45, 2.75) is 19.4 Å². The van der Waals surface area contributed by atoms with E-state index in [0.29, 0.717) is 17.9 Å². The standard InChI is InChI=1S/C13H19N3O4/c1-4-8(12(14)16-18)15-13(17)11-9(19-2)6-5-7-10(11)20-3/h5-8,18H,4H2,1-3H3,(H2,14,16)(H,15,17). The van der Waals surface area contributed by atoms with Crippen LogP contribution in [0.15, 0.2) is 23.4 Å². The second-order valence-corrected chi connectivity index (χ2v) is 4.00. The number of ether oxygens (including phenoxy) is 2. The summed E-state index contributed by atoms with van der Waals surface area (Å²) in [7, 11) is 2.93. The Hall–Kier alpha value is -2.44. The SMILES string of the molecule is CCC(NC(=O)c1c(OC)cccc1OC)/C(N)=N/O. The molecule has 7 nitrogen and oxygen atoms in total. The minimum absolute atomic E-state index is 0.0604. The summed E-state index contributed by atoms with van der Waals surface area (Å²) in [6.45, 7) is 1.81. The predicted octanol–water partition coefficient (Wildman–Crippen LogP) is 0.959. The van der Waals surface area contributed by atoms with Crippen molar-refractivity contribution in [2.75, 3.05) is 14.2 Å². The zero-order valence-electron chi connectivity index (χ0n) is 11.7. The van der Waals surface area contributed by atoms with E-state index in [1.165, 1.54) is 14.2 Å². The molecule has 4 N–H and O–H groups in total. The van der Waals surface area contributed by atoms with Crippen molar-refractivity contribution in [3.8, 4) is 11.5 Å². The maximum atomic E-state index is 12.3.